The van der Waals surface area contributed by atoms with Gasteiger partial charge in [-0.25, -0.2) is 14.1 Å². The quantitative estimate of drug-likeness (QED) is 0.776. The van der Waals surface area contributed by atoms with Gasteiger partial charge < -0.3 is 5.32 Å². The van der Waals surface area contributed by atoms with Crippen LogP contribution in [0.5, 0.6) is 0 Å². The van der Waals surface area contributed by atoms with Crippen LogP contribution in [0.1, 0.15) is 45.8 Å². The third kappa shape index (κ3) is 3.49. The number of halogens is 1. The number of benzene rings is 1. The highest BCUT2D eigenvalue weighted by Crippen LogP contribution is 2.17. The van der Waals surface area contributed by atoms with Crippen molar-refractivity contribution in [3.63, 3.8) is 0 Å². The van der Waals surface area contributed by atoms with Gasteiger partial charge in [-0.3, -0.25) is 4.79 Å². The monoisotopic (exact) mass is 352 g/mol. The van der Waals surface area contributed by atoms with Crippen LogP contribution in [0, 0.1) is 26.6 Å². The first kappa shape index (κ1) is 17.8. The first-order valence-corrected chi connectivity index (χ1v) is 8.42. The summed E-state index contributed by atoms with van der Waals surface area (Å²) >= 11 is 0. The van der Waals surface area contributed by atoms with Gasteiger partial charge in [-0.05, 0) is 63.1 Å². The molecule has 0 fully saturated rings. The van der Waals surface area contributed by atoms with E-state index >= 15 is 0 Å². The Labute approximate surface area is 151 Å². The van der Waals surface area contributed by atoms with Crippen LogP contribution in [0.3, 0.4) is 0 Å². The minimum atomic E-state index is -0.300. The van der Waals surface area contributed by atoms with Gasteiger partial charge in [0.25, 0.3) is 5.91 Å². The number of aromatic nitrogens is 3. The van der Waals surface area contributed by atoms with E-state index in [1.807, 2.05) is 27.7 Å². The molecule has 0 bridgehead atoms. The van der Waals surface area contributed by atoms with Crippen LogP contribution in [0.15, 0.2) is 42.6 Å². The highest BCUT2D eigenvalue weighted by atomic mass is 19.1. The lowest BCUT2D eigenvalue weighted by Crippen LogP contribution is -2.26. The molecular formula is C20H21FN4O. The van der Waals surface area contributed by atoms with Crippen LogP contribution in [0.25, 0.3) is 5.82 Å². The highest BCUT2D eigenvalue weighted by molar-refractivity contribution is 5.94. The molecule has 0 unspecified atom stereocenters. The average molecular weight is 352 g/mol. The largest absolute Gasteiger partial charge is 0.345 e. The Morgan fingerprint density at radius 3 is 2.35 bits per heavy atom. The number of carbonyl (C=O) groups excluding carboxylic acids is 1. The van der Waals surface area contributed by atoms with Crippen molar-refractivity contribution in [2.75, 3.05) is 0 Å². The highest BCUT2D eigenvalue weighted by Gasteiger charge is 2.14. The smallest absolute Gasteiger partial charge is 0.253 e. The van der Waals surface area contributed by atoms with E-state index in [1.165, 1.54) is 18.3 Å². The molecule has 1 aromatic carbocycles. The number of hydrogen-bond acceptors (Lipinski definition) is 3. The third-order valence-electron chi connectivity index (χ3n) is 4.60. The van der Waals surface area contributed by atoms with Gasteiger partial charge in [-0.1, -0.05) is 12.1 Å². The second-order valence-corrected chi connectivity index (χ2v) is 6.36. The zero-order valence-corrected chi connectivity index (χ0v) is 15.2. The van der Waals surface area contributed by atoms with Crippen molar-refractivity contribution in [1.82, 2.24) is 20.1 Å². The number of carbonyl (C=O) groups is 1. The lowest BCUT2D eigenvalue weighted by molar-refractivity contribution is 0.0939. The van der Waals surface area contributed by atoms with Crippen molar-refractivity contribution < 1.29 is 9.18 Å². The standard InChI is InChI=1S/C20H21FN4O/c1-12-13(2)24-25(15(12)4)19-10-7-17(11-22-19)20(26)23-14(3)16-5-8-18(21)9-6-16/h5-11,14H,1-4H3,(H,23,26)/t14-/m1/s1. The van der Waals surface area contributed by atoms with Crippen molar-refractivity contribution in [2.24, 2.45) is 0 Å². The third-order valence-corrected chi connectivity index (χ3v) is 4.60. The molecule has 5 nitrogen and oxygen atoms in total. The SMILES string of the molecule is Cc1nn(-c2ccc(C(=O)N[C@H](C)c3ccc(F)cc3)cn2)c(C)c1C. The average Bonchev–Trinajstić information content (AvgIpc) is 2.89. The fourth-order valence-corrected chi connectivity index (χ4v) is 2.70. The first-order chi connectivity index (χ1) is 12.4. The van der Waals surface area contributed by atoms with E-state index < -0.39 is 0 Å². The van der Waals surface area contributed by atoms with Gasteiger partial charge in [0.1, 0.15) is 5.82 Å². The molecule has 1 amide bonds. The van der Waals surface area contributed by atoms with Crippen LogP contribution >= 0.6 is 0 Å². The molecule has 1 N–H and O–H groups in total. The fraction of sp³-hybridized carbons (Fsp3) is 0.250. The summed E-state index contributed by atoms with van der Waals surface area (Å²) in [6.07, 6.45) is 1.54. The molecule has 1 atom stereocenters. The van der Waals surface area contributed by atoms with Crippen LogP contribution in [-0.2, 0) is 0 Å². The molecule has 0 saturated heterocycles. The molecule has 0 aliphatic rings. The summed E-state index contributed by atoms with van der Waals surface area (Å²) in [5.74, 6) is 0.138. The van der Waals surface area contributed by atoms with Crippen LogP contribution in [0.4, 0.5) is 4.39 Å². The maximum absolute atomic E-state index is 13.0. The van der Waals surface area contributed by atoms with Gasteiger partial charge in [0.15, 0.2) is 5.82 Å². The Morgan fingerprint density at radius 1 is 1.12 bits per heavy atom. The van der Waals surface area contributed by atoms with Crippen molar-refractivity contribution in [2.45, 2.75) is 33.7 Å². The van der Waals surface area contributed by atoms with Gasteiger partial charge in [0, 0.05) is 11.9 Å². The molecule has 0 spiro atoms. The normalized spacial score (nSPS) is 12.0. The number of hydrogen-bond donors (Lipinski definition) is 1. The van der Waals surface area contributed by atoms with Crippen molar-refractivity contribution in [1.29, 1.82) is 0 Å². The van der Waals surface area contributed by atoms with E-state index in [1.54, 1.807) is 28.9 Å². The van der Waals surface area contributed by atoms with Gasteiger partial charge in [0.2, 0.25) is 0 Å². The summed E-state index contributed by atoms with van der Waals surface area (Å²) < 4.78 is 14.8. The molecule has 134 valence electrons. The number of rotatable bonds is 4. The molecular weight excluding hydrogens is 331 g/mol. The fourth-order valence-electron chi connectivity index (χ4n) is 2.70. The van der Waals surface area contributed by atoms with E-state index in [-0.39, 0.29) is 17.8 Å². The summed E-state index contributed by atoms with van der Waals surface area (Å²) in [6, 6.07) is 9.34. The van der Waals surface area contributed by atoms with Gasteiger partial charge in [0.05, 0.1) is 17.3 Å². The second kappa shape index (κ2) is 7.07. The maximum Gasteiger partial charge on any atom is 0.253 e. The Kier molecular flexibility index (Phi) is 4.84. The number of nitrogens with zero attached hydrogens (tertiary/aromatic N) is 3. The van der Waals surface area contributed by atoms with Gasteiger partial charge >= 0.3 is 0 Å². The molecule has 0 radical (unpaired) electrons. The molecule has 0 saturated carbocycles. The number of nitrogens with one attached hydrogen (secondary N) is 1. The van der Waals surface area contributed by atoms with Gasteiger partial charge in [-0.2, -0.15) is 5.10 Å². The Balaban J connectivity index is 1.74. The predicted octanol–water partition coefficient (Wildman–Crippen LogP) is 3.82. The van der Waals surface area contributed by atoms with Crippen molar-refractivity contribution in [3.8, 4) is 5.82 Å². The maximum atomic E-state index is 13.0. The Bertz CT molecular complexity index is 930. The van der Waals surface area contributed by atoms with Crippen molar-refractivity contribution >= 4 is 5.91 Å². The number of amides is 1. The molecule has 26 heavy (non-hydrogen) atoms. The lowest BCUT2D eigenvalue weighted by Gasteiger charge is -2.14. The molecule has 6 heteroatoms. The molecule has 2 aromatic heterocycles. The van der Waals surface area contributed by atoms with Crippen LogP contribution < -0.4 is 5.32 Å². The zero-order valence-electron chi connectivity index (χ0n) is 15.2. The van der Waals surface area contributed by atoms with Crippen LogP contribution in [-0.4, -0.2) is 20.7 Å². The minimum Gasteiger partial charge on any atom is -0.345 e. The molecule has 2 heterocycles. The van der Waals surface area contributed by atoms with E-state index in [9.17, 15) is 9.18 Å². The van der Waals surface area contributed by atoms with Crippen molar-refractivity contribution in [3.05, 3.63) is 76.5 Å². The van der Waals surface area contributed by atoms with Crippen LogP contribution in [0.2, 0.25) is 0 Å². The summed E-state index contributed by atoms with van der Waals surface area (Å²) in [7, 11) is 0. The van der Waals surface area contributed by atoms with E-state index in [4.69, 9.17) is 0 Å². The summed E-state index contributed by atoms with van der Waals surface area (Å²) in [6.45, 7) is 7.82. The van der Waals surface area contributed by atoms with E-state index in [2.05, 4.69) is 15.4 Å². The van der Waals surface area contributed by atoms with E-state index in [0.717, 1.165) is 22.5 Å². The van der Waals surface area contributed by atoms with E-state index in [0.29, 0.717) is 11.4 Å². The Hall–Kier alpha value is -3.02. The predicted molar refractivity (Wildman–Crippen MR) is 97.9 cm³/mol. The minimum absolute atomic E-state index is 0.231. The molecule has 0 aliphatic heterocycles. The second-order valence-electron chi connectivity index (χ2n) is 6.36. The molecule has 0 aliphatic carbocycles. The van der Waals surface area contributed by atoms with Gasteiger partial charge in [-0.15, -0.1) is 0 Å². The summed E-state index contributed by atoms with van der Waals surface area (Å²) in [5.41, 5.74) is 4.40. The lowest BCUT2D eigenvalue weighted by atomic mass is 10.1. The first-order valence-electron chi connectivity index (χ1n) is 8.42. The number of aryl methyl sites for hydroxylation is 1. The topological polar surface area (TPSA) is 59.8 Å². The molecule has 3 aromatic rings. The Morgan fingerprint density at radius 2 is 1.81 bits per heavy atom. The summed E-state index contributed by atoms with van der Waals surface area (Å²) in [5, 5.41) is 7.36. The zero-order chi connectivity index (χ0) is 18.8. The summed E-state index contributed by atoms with van der Waals surface area (Å²) in [4.78, 5) is 16.8. The molecule has 3 rings (SSSR count). The number of pyridine rings is 1.